The molecule has 1 aromatic heterocycles. The number of carbonyl (C=O) groups excluding carboxylic acids is 1. The maximum atomic E-state index is 11.3. The molecule has 1 fully saturated rings. The van der Waals surface area contributed by atoms with E-state index in [4.69, 9.17) is 5.73 Å². The minimum Gasteiger partial charge on any atom is -0.373 e. The molecule has 3 N–H and O–H groups in total. The highest BCUT2D eigenvalue weighted by atomic mass is 16.1. The van der Waals surface area contributed by atoms with Crippen LogP contribution in [0.5, 0.6) is 0 Å². The molecule has 0 saturated carbocycles. The fourth-order valence-electron chi connectivity index (χ4n) is 2.30. The Kier molecular flexibility index (Phi) is 3.64. The van der Waals surface area contributed by atoms with Crippen molar-refractivity contribution in [1.29, 1.82) is 0 Å². The number of hydrogen-bond acceptors (Lipinski definition) is 5. The molecule has 6 nitrogen and oxygen atoms in total. The van der Waals surface area contributed by atoms with Crippen LogP contribution in [0.25, 0.3) is 0 Å². The topological polar surface area (TPSA) is 84.1 Å². The van der Waals surface area contributed by atoms with Gasteiger partial charge in [-0.3, -0.25) is 4.79 Å². The molecule has 1 saturated heterocycles. The van der Waals surface area contributed by atoms with Gasteiger partial charge in [0.15, 0.2) is 0 Å². The predicted octanol–water partition coefficient (Wildman–Crippen LogP) is 0.608. The van der Waals surface area contributed by atoms with Crippen LogP contribution in [0.2, 0.25) is 0 Å². The van der Waals surface area contributed by atoms with E-state index >= 15 is 0 Å². The summed E-state index contributed by atoms with van der Waals surface area (Å²) >= 11 is 0. The quantitative estimate of drug-likeness (QED) is 0.820. The molecule has 2 atom stereocenters. The number of nitrogens with zero attached hydrogens (tertiary/aromatic N) is 3. The van der Waals surface area contributed by atoms with E-state index in [2.05, 4.69) is 27.1 Å². The first-order valence-corrected chi connectivity index (χ1v) is 6.17. The van der Waals surface area contributed by atoms with Crippen LogP contribution < -0.4 is 16.0 Å². The largest absolute Gasteiger partial charge is 0.373 e. The second kappa shape index (κ2) is 5.20. The Labute approximate surface area is 107 Å². The number of piperidine rings is 1. The van der Waals surface area contributed by atoms with Gasteiger partial charge in [0.25, 0.3) is 0 Å². The van der Waals surface area contributed by atoms with E-state index in [0.29, 0.717) is 12.6 Å². The van der Waals surface area contributed by atoms with Crippen molar-refractivity contribution >= 4 is 17.5 Å². The third kappa shape index (κ3) is 2.52. The fraction of sp³-hybridized carbons (Fsp3) is 0.583. The van der Waals surface area contributed by atoms with Gasteiger partial charge in [-0.1, -0.05) is 0 Å². The van der Waals surface area contributed by atoms with Crippen molar-refractivity contribution in [3.8, 4) is 0 Å². The summed E-state index contributed by atoms with van der Waals surface area (Å²) in [7, 11) is 1.82. The molecule has 1 aliphatic heterocycles. The highest BCUT2D eigenvalue weighted by Gasteiger charge is 2.29. The number of primary amides is 1. The smallest absolute Gasteiger partial charge is 0.222 e. The first-order chi connectivity index (χ1) is 8.61. The highest BCUT2D eigenvalue weighted by molar-refractivity contribution is 5.77. The van der Waals surface area contributed by atoms with Gasteiger partial charge in [-0.2, -0.15) is 0 Å². The molecule has 0 spiro atoms. The molecule has 2 rings (SSSR count). The molecular formula is C12H19N5O. The maximum Gasteiger partial charge on any atom is 0.222 e. The van der Waals surface area contributed by atoms with Gasteiger partial charge in [-0.05, 0) is 19.8 Å². The van der Waals surface area contributed by atoms with Crippen molar-refractivity contribution in [1.82, 2.24) is 9.97 Å². The van der Waals surface area contributed by atoms with Gasteiger partial charge in [-0.25, -0.2) is 9.97 Å². The summed E-state index contributed by atoms with van der Waals surface area (Å²) < 4.78 is 0. The van der Waals surface area contributed by atoms with Crippen LogP contribution in [0.4, 0.5) is 11.6 Å². The Morgan fingerprint density at radius 1 is 1.50 bits per heavy atom. The van der Waals surface area contributed by atoms with Crippen molar-refractivity contribution in [3.63, 3.8) is 0 Å². The zero-order valence-corrected chi connectivity index (χ0v) is 10.8. The van der Waals surface area contributed by atoms with E-state index in [1.54, 1.807) is 0 Å². The summed E-state index contributed by atoms with van der Waals surface area (Å²) in [6, 6.07) is 2.25. The minimum absolute atomic E-state index is 0.0887. The normalized spacial score (nSPS) is 23.8. The van der Waals surface area contributed by atoms with E-state index in [-0.39, 0.29) is 11.8 Å². The zero-order chi connectivity index (χ0) is 13.1. The lowest BCUT2D eigenvalue weighted by molar-refractivity contribution is -0.122. The average molecular weight is 249 g/mol. The van der Waals surface area contributed by atoms with Crippen LogP contribution >= 0.6 is 0 Å². The van der Waals surface area contributed by atoms with Crippen LogP contribution in [0.3, 0.4) is 0 Å². The van der Waals surface area contributed by atoms with E-state index in [1.165, 1.54) is 6.33 Å². The molecule has 6 heteroatoms. The van der Waals surface area contributed by atoms with Gasteiger partial charge in [-0.15, -0.1) is 0 Å². The molecule has 0 aromatic carbocycles. The number of aromatic nitrogens is 2. The fourth-order valence-corrected chi connectivity index (χ4v) is 2.30. The molecule has 1 aromatic rings. The molecule has 0 bridgehead atoms. The van der Waals surface area contributed by atoms with Gasteiger partial charge in [0.1, 0.15) is 18.0 Å². The number of nitrogens with two attached hydrogens (primary N) is 1. The van der Waals surface area contributed by atoms with Crippen molar-refractivity contribution in [3.05, 3.63) is 12.4 Å². The number of nitrogens with one attached hydrogen (secondary N) is 1. The Bertz CT molecular complexity index is 436. The van der Waals surface area contributed by atoms with Crippen LogP contribution in [0.15, 0.2) is 12.4 Å². The first kappa shape index (κ1) is 12.6. The zero-order valence-electron chi connectivity index (χ0n) is 10.8. The number of rotatable bonds is 3. The van der Waals surface area contributed by atoms with Gasteiger partial charge < -0.3 is 16.0 Å². The Balaban J connectivity index is 2.21. The SMILES string of the molecule is CNc1cc(N2CC(C(N)=O)CCC2C)ncn1. The van der Waals surface area contributed by atoms with Gasteiger partial charge in [0.2, 0.25) is 5.91 Å². The molecule has 1 amide bonds. The van der Waals surface area contributed by atoms with Gasteiger partial charge in [0.05, 0.1) is 5.92 Å². The second-order valence-electron chi connectivity index (χ2n) is 4.69. The van der Waals surface area contributed by atoms with Crippen molar-refractivity contribution in [2.75, 3.05) is 23.8 Å². The number of anilines is 2. The summed E-state index contributed by atoms with van der Waals surface area (Å²) in [6.45, 7) is 2.77. The predicted molar refractivity (Wildman–Crippen MR) is 70.3 cm³/mol. The Morgan fingerprint density at radius 3 is 2.94 bits per heavy atom. The van der Waals surface area contributed by atoms with Crippen LogP contribution in [0, 0.1) is 5.92 Å². The summed E-state index contributed by atoms with van der Waals surface area (Å²) in [4.78, 5) is 21.8. The molecular weight excluding hydrogens is 230 g/mol. The highest BCUT2D eigenvalue weighted by Crippen LogP contribution is 2.26. The molecule has 0 aliphatic carbocycles. The van der Waals surface area contributed by atoms with Crippen molar-refractivity contribution in [2.45, 2.75) is 25.8 Å². The summed E-state index contributed by atoms with van der Waals surface area (Å²) in [5.74, 6) is 1.30. The number of carbonyl (C=O) groups is 1. The van der Waals surface area contributed by atoms with Gasteiger partial charge >= 0.3 is 0 Å². The summed E-state index contributed by atoms with van der Waals surface area (Å²) in [6.07, 6.45) is 3.34. The lowest BCUT2D eigenvalue weighted by Gasteiger charge is -2.37. The molecule has 1 aliphatic rings. The van der Waals surface area contributed by atoms with Crippen molar-refractivity contribution in [2.24, 2.45) is 11.7 Å². The standard InChI is InChI=1S/C12H19N5O/c1-8-3-4-9(12(13)18)6-17(8)11-5-10(14-2)15-7-16-11/h5,7-9H,3-4,6H2,1-2H3,(H2,13,18)(H,14,15,16). The molecule has 2 heterocycles. The lowest BCUT2D eigenvalue weighted by atomic mass is 9.93. The minimum atomic E-state index is -0.227. The average Bonchev–Trinajstić information content (AvgIpc) is 2.39. The third-order valence-electron chi connectivity index (χ3n) is 3.49. The number of amides is 1. The second-order valence-corrected chi connectivity index (χ2v) is 4.69. The maximum absolute atomic E-state index is 11.3. The van der Waals surface area contributed by atoms with E-state index in [0.717, 1.165) is 24.5 Å². The van der Waals surface area contributed by atoms with Crippen LogP contribution in [-0.4, -0.2) is 35.5 Å². The Hall–Kier alpha value is -1.85. The first-order valence-electron chi connectivity index (χ1n) is 6.17. The lowest BCUT2D eigenvalue weighted by Crippen LogP contribution is -2.46. The van der Waals surface area contributed by atoms with Crippen molar-refractivity contribution < 1.29 is 4.79 Å². The van der Waals surface area contributed by atoms with Crippen LogP contribution in [-0.2, 0) is 4.79 Å². The summed E-state index contributed by atoms with van der Waals surface area (Å²) in [5, 5.41) is 2.99. The van der Waals surface area contributed by atoms with E-state index < -0.39 is 0 Å². The van der Waals surface area contributed by atoms with E-state index in [1.807, 2.05) is 13.1 Å². The molecule has 18 heavy (non-hydrogen) atoms. The summed E-state index contributed by atoms with van der Waals surface area (Å²) in [5.41, 5.74) is 5.40. The van der Waals surface area contributed by atoms with Crippen LogP contribution in [0.1, 0.15) is 19.8 Å². The third-order valence-corrected chi connectivity index (χ3v) is 3.49. The molecule has 98 valence electrons. The number of hydrogen-bond donors (Lipinski definition) is 2. The monoisotopic (exact) mass is 249 g/mol. The molecule has 2 unspecified atom stereocenters. The molecule has 0 radical (unpaired) electrons. The van der Waals surface area contributed by atoms with Gasteiger partial charge in [0, 0.05) is 25.7 Å². The Morgan fingerprint density at radius 2 is 2.28 bits per heavy atom. The van der Waals surface area contributed by atoms with E-state index in [9.17, 15) is 4.79 Å².